The summed E-state index contributed by atoms with van der Waals surface area (Å²) >= 11 is 0. The Balaban J connectivity index is 2.48. The molecule has 24 heavy (non-hydrogen) atoms. The van der Waals surface area contributed by atoms with Crippen molar-refractivity contribution in [3.63, 3.8) is 0 Å². The molecule has 1 aliphatic heterocycles. The third kappa shape index (κ3) is 4.28. The smallest absolute Gasteiger partial charge is 0.360 e. The third-order valence-electron chi connectivity index (χ3n) is 3.89. The van der Waals surface area contributed by atoms with Gasteiger partial charge in [0.1, 0.15) is 5.76 Å². The number of rotatable bonds is 5. The fourth-order valence-electron chi connectivity index (χ4n) is 2.96. The van der Waals surface area contributed by atoms with Gasteiger partial charge in [0.2, 0.25) is 6.29 Å². The molecule has 0 fully saturated rings. The van der Waals surface area contributed by atoms with Crippen LogP contribution in [0.2, 0.25) is 0 Å². The molecule has 1 heterocycles. The molecule has 5 nitrogen and oxygen atoms in total. The molecule has 2 atom stereocenters. The average Bonchev–Trinajstić information content (AvgIpc) is 2.53. The predicted octanol–water partition coefficient (Wildman–Crippen LogP) is 5.05. The summed E-state index contributed by atoms with van der Waals surface area (Å²) in [7, 11) is -0.626. The molecule has 0 saturated heterocycles. The van der Waals surface area contributed by atoms with Gasteiger partial charge in [0.05, 0.1) is 10.9 Å². The summed E-state index contributed by atoms with van der Waals surface area (Å²) in [6, 6.07) is 9.89. The fourth-order valence-corrected chi connectivity index (χ4v) is 4.57. The maximum Gasteiger partial charge on any atom is 0.360 e. The van der Waals surface area contributed by atoms with Crippen LogP contribution in [0.15, 0.2) is 41.4 Å². The highest BCUT2D eigenvalue weighted by molar-refractivity contribution is 7.58. The van der Waals surface area contributed by atoms with Crippen molar-refractivity contribution in [1.82, 2.24) is 0 Å². The Morgan fingerprint density at radius 3 is 2.21 bits per heavy atom. The minimum Gasteiger partial charge on any atom is -0.469 e. The van der Waals surface area contributed by atoms with Crippen molar-refractivity contribution in [1.29, 1.82) is 0 Å². The standard InChI is InChI=1S/C18H27O5P/c1-13-17(24(19,20-5)21-6)15(14-10-8-7-9-11-14)12-16(22-13)23-18(2,3)4/h7-11,15-16H,12H2,1-6H3/t15-,16+/m0/s1. The highest BCUT2D eigenvalue weighted by Gasteiger charge is 2.42. The Morgan fingerprint density at radius 2 is 1.71 bits per heavy atom. The molecule has 1 aliphatic rings. The van der Waals surface area contributed by atoms with Gasteiger partial charge < -0.3 is 18.5 Å². The van der Waals surface area contributed by atoms with Gasteiger partial charge in [-0.15, -0.1) is 0 Å². The zero-order valence-electron chi connectivity index (χ0n) is 15.2. The van der Waals surface area contributed by atoms with Gasteiger partial charge in [-0.2, -0.15) is 0 Å². The van der Waals surface area contributed by atoms with Crippen molar-refractivity contribution in [2.45, 2.75) is 51.9 Å². The molecule has 0 bridgehead atoms. The first kappa shape index (κ1) is 19.2. The lowest BCUT2D eigenvalue weighted by atomic mass is 9.92. The minimum atomic E-state index is -3.41. The number of benzene rings is 1. The van der Waals surface area contributed by atoms with Crippen LogP contribution in [0.1, 0.15) is 45.6 Å². The molecule has 1 aromatic carbocycles. The van der Waals surface area contributed by atoms with E-state index in [-0.39, 0.29) is 11.5 Å². The summed E-state index contributed by atoms with van der Waals surface area (Å²) < 4.78 is 35.5. The second-order valence-electron chi connectivity index (χ2n) is 6.78. The maximum atomic E-state index is 13.1. The van der Waals surface area contributed by atoms with E-state index in [1.807, 2.05) is 51.1 Å². The van der Waals surface area contributed by atoms with Crippen molar-refractivity contribution in [3.05, 3.63) is 47.0 Å². The van der Waals surface area contributed by atoms with E-state index in [0.29, 0.717) is 17.5 Å². The lowest BCUT2D eigenvalue weighted by molar-refractivity contribution is -0.185. The Hall–Kier alpha value is -1.13. The van der Waals surface area contributed by atoms with Gasteiger partial charge >= 0.3 is 7.60 Å². The van der Waals surface area contributed by atoms with Crippen LogP contribution in [0.3, 0.4) is 0 Å². The molecule has 0 N–H and O–H groups in total. The molecule has 0 radical (unpaired) electrons. The summed E-state index contributed by atoms with van der Waals surface area (Å²) in [5, 5.41) is 0.562. The Morgan fingerprint density at radius 1 is 1.12 bits per heavy atom. The summed E-state index contributed by atoms with van der Waals surface area (Å²) in [4.78, 5) is 0. The number of hydrogen-bond acceptors (Lipinski definition) is 5. The monoisotopic (exact) mass is 354 g/mol. The molecular weight excluding hydrogens is 327 g/mol. The highest BCUT2D eigenvalue weighted by atomic mass is 31.2. The van der Waals surface area contributed by atoms with E-state index in [9.17, 15) is 4.57 Å². The molecule has 0 unspecified atom stereocenters. The Labute approximate surface area is 144 Å². The molecule has 1 aromatic rings. The van der Waals surface area contributed by atoms with E-state index in [1.165, 1.54) is 14.2 Å². The van der Waals surface area contributed by atoms with Gasteiger partial charge in [-0.1, -0.05) is 30.3 Å². The highest BCUT2D eigenvalue weighted by Crippen LogP contribution is 2.63. The largest absolute Gasteiger partial charge is 0.469 e. The van der Waals surface area contributed by atoms with Crippen molar-refractivity contribution in [2.24, 2.45) is 0 Å². The van der Waals surface area contributed by atoms with Crippen LogP contribution in [-0.2, 0) is 23.1 Å². The van der Waals surface area contributed by atoms with Gasteiger partial charge in [0.25, 0.3) is 0 Å². The first-order chi connectivity index (χ1) is 11.2. The van der Waals surface area contributed by atoms with Crippen molar-refractivity contribution in [2.75, 3.05) is 14.2 Å². The van der Waals surface area contributed by atoms with Crippen LogP contribution in [0.25, 0.3) is 0 Å². The maximum absolute atomic E-state index is 13.1. The fraction of sp³-hybridized carbons (Fsp3) is 0.556. The Kier molecular flexibility index (Phi) is 5.92. The molecule has 0 amide bonds. The van der Waals surface area contributed by atoms with Crippen LogP contribution in [0.5, 0.6) is 0 Å². The first-order valence-corrected chi connectivity index (χ1v) is 9.56. The van der Waals surface area contributed by atoms with Gasteiger partial charge in [-0.05, 0) is 33.3 Å². The first-order valence-electron chi connectivity index (χ1n) is 8.02. The van der Waals surface area contributed by atoms with E-state index in [4.69, 9.17) is 18.5 Å². The summed E-state index contributed by atoms with van der Waals surface area (Å²) in [5.41, 5.74) is 0.697. The zero-order chi connectivity index (χ0) is 18.0. The minimum absolute atomic E-state index is 0.155. The van der Waals surface area contributed by atoms with E-state index in [2.05, 4.69) is 0 Å². The van der Waals surface area contributed by atoms with Crippen molar-refractivity contribution in [3.8, 4) is 0 Å². The molecule has 134 valence electrons. The van der Waals surface area contributed by atoms with E-state index in [0.717, 1.165) is 5.56 Å². The van der Waals surface area contributed by atoms with Crippen molar-refractivity contribution < 1.29 is 23.1 Å². The quantitative estimate of drug-likeness (QED) is 0.693. The van der Waals surface area contributed by atoms with Crippen molar-refractivity contribution >= 4 is 7.60 Å². The van der Waals surface area contributed by atoms with Gasteiger partial charge in [-0.25, -0.2) is 0 Å². The molecule has 6 heteroatoms. The number of ether oxygens (including phenoxy) is 2. The molecule has 0 saturated carbocycles. The number of allylic oxidation sites excluding steroid dienone is 2. The molecule has 0 aliphatic carbocycles. The lowest BCUT2D eigenvalue weighted by Gasteiger charge is -2.37. The second-order valence-corrected chi connectivity index (χ2v) is 8.99. The molecular formula is C18H27O5P. The second kappa shape index (κ2) is 7.40. The molecule has 0 aromatic heterocycles. The van der Waals surface area contributed by atoms with E-state index in [1.54, 1.807) is 6.92 Å². The van der Waals surface area contributed by atoms with Crippen LogP contribution in [0, 0.1) is 0 Å². The van der Waals surface area contributed by atoms with Crippen LogP contribution in [-0.4, -0.2) is 26.1 Å². The van der Waals surface area contributed by atoms with Crippen LogP contribution in [0.4, 0.5) is 0 Å². The van der Waals surface area contributed by atoms with Gasteiger partial charge in [0.15, 0.2) is 0 Å². The number of hydrogen-bond donors (Lipinski definition) is 0. The Bertz CT molecular complexity index is 625. The normalized spacial score (nSPS) is 22.4. The topological polar surface area (TPSA) is 54.0 Å². The summed E-state index contributed by atoms with van der Waals surface area (Å²) in [6.45, 7) is 7.74. The van der Waals surface area contributed by atoms with Crippen LogP contribution >= 0.6 is 7.60 Å². The van der Waals surface area contributed by atoms with Gasteiger partial charge in [0, 0.05) is 26.6 Å². The third-order valence-corrected chi connectivity index (χ3v) is 6.07. The van der Waals surface area contributed by atoms with E-state index < -0.39 is 13.9 Å². The molecule has 0 spiro atoms. The lowest BCUT2D eigenvalue weighted by Crippen LogP contribution is -2.33. The van der Waals surface area contributed by atoms with E-state index >= 15 is 0 Å². The SMILES string of the molecule is COP(=O)(OC)C1=C(C)O[C@H](OC(C)(C)C)C[C@H]1c1ccccc1. The summed E-state index contributed by atoms with van der Waals surface area (Å²) in [5.74, 6) is 0.384. The average molecular weight is 354 g/mol. The van der Waals surface area contributed by atoms with Gasteiger partial charge in [-0.3, -0.25) is 4.57 Å². The van der Waals surface area contributed by atoms with Crippen LogP contribution < -0.4 is 0 Å². The zero-order valence-corrected chi connectivity index (χ0v) is 16.1. The summed E-state index contributed by atoms with van der Waals surface area (Å²) in [6.07, 6.45) is 0.131. The molecule has 2 rings (SSSR count). The predicted molar refractivity (Wildman–Crippen MR) is 93.8 cm³/mol.